The number of ether oxygens (including phenoxy) is 2. The number of carbonyl (C=O) groups is 1. The van der Waals surface area contributed by atoms with Crippen LogP contribution in [0.15, 0.2) is 24.5 Å². The van der Waals surface area contributed by atoms with E-state index in [-0.39, 0.29) is 5.97 Å². The van der Waals surface area contributed by atoms with E-state index in [2.05, 4.69) is 15.3 Å². The molecule has 25 heavy (non-hydrogen) atoms. The van der Waals surface area contributed by atoms with E-state index in [1.54, 1.807) is 26.2 Å². The van der Waals surface area contributed by atoms with E-state index in [9.17, 15) is 4.79 Å². The first-order valence-corrected chi connectivity index (χ1v) is 8.76. The van der Waals surface area contributed by atoms with Gasteiger partial charge >= 0.3 is 5.97 Å². The Labute approximate surface area is 153 Å². The highest BCUT2D eigenvalue weighted by Gasteiger charge is 2.20. The zero-order chi connectivity index (χ0) is 18.0. The molecule has 6 nitrogen and oxygen atoms in total. The van der Waals surface area contributed by atoms with Crippen molar-refractivity contribution < 1.29 is 14.3 Å². The summed E-state index contributed by atoms with van der Waals surface area (Å²) in [5, 5.41) is 4.51. The fourth-order valence-corrected chi connectivity index (χ4v) is 3.74. The van der Waals surface area contributed by atoms with Crippen LogP contribution in [-0.4, -0.2) is 29.7 Å². The molecule has 0 saturated heterocycles. The molecule has 2 heterocycles. The molecular weight excluding hydrogens is 362 g/mol. The number of esters is 1. The van der Waals surface area contributed by atoms with Crippen molar-refractivity contribution in [2.24, 2.45) is 0 Å². The Kier molecular flexibility index (Phi) is 5.06. The number of aromatic nitrogens is 2. The second kappa shape index (κ2) is 7.25. The van der Waals surface area contributed by atoms with Gasteiger partial charge < -0.3 is 14.8 Å². The van der Waals surface area contributed by atoms with Crippen molar-refractivity contribution in [2.45, 2.75) is 13.8 Å². The van der Waals surface area contributed by atoms with Gasteiger partial charge in [0.15, 0.2) is 0 Å². The minimum atomic E-state index is -0.346. The van der Waals surface area contributed by atoms with Gasteiger partial charge in [-0.05, 0) is 37.6 Å². The molecule has 0 aliphatic carbocycles. The third-order valence-electron chi connectivity index (χ3n) is 3.60. The van der Waals surface area contributed by atoms with Gasteiger partial charge in [0, 0.05) is 5.69 Å². The molecule has 0 aliphatic rings. The molecule has 0 bridgehead atoms. The number of nitrogens with zero attached hydrogens (tertiary/aromatic N) is 2. The number of hydrogen-bond donors (Lipinski definition) is 1. The molecule has 130 valence electrons. The second-order valence-electron chi connectivity index (χ2n) is 5.15. The minimum Gasteiger partial charge on any atom is -0.495 e. The monoisotopic (exact) mass is 377 g/mol. The molecule has 0 saturated carbocycles. The molecule has 0 atom stereocenters. The summed E-state index contributed by atoms with van der Waals surface area (Å²) in [6.45, 7) is 3.97. The molecule has 1 N–H and O–H groups in total. The Morgan fingerprint density at radius 2 is 2.16 bits per heavy atom. The normalized spacial score (nSPS) is 10.7. The number of methoxy groups -OCH3 is 1. The SMILES string of the molecule is CCOC(=O)c1sc2ncnc(Nc3ccc(OC)c(Cl)c3)c2c1C. The van der Waals surface area contributed by atoms with Gasteiger partial charge in [-0.3, -0.25) is 0 Å². The Hall–Kier alpha value is -2.38. The molecule has 2 aromatic heterocycles. The first-order chi connectivity index (χ1) is 12.0. The molecule has 0 amide bonds. The number of aryl methyl sites for hydroxylation is 1. The molecule has 0 aliphatic heterocycles. The largest absolute Gasteiger partial charge is 0.495 e. The van der Waals surface area contributed by atoms with Crippen LogP contribution in [0.5, 0.6) is 5.75 Å². The van der Waals surface area contributed by atoms with Crippen LogP contribution in [0.2, 0.25) is 5.02 Å². The second-order valence-corrected chi connectivity index (χ2v) is 6.56. The van der Waals surface area contributed by atoms with Gasteiger partial charge in [-0.2, -0.15) is 0 Å². The summed E-state index contributed by atoms with van der Waals surface area (Å²) < 4.78 is 10.3. The maximum atomic E-state index is 12.1. The van der Waals surface area contributed by atoms with Crippen molar-refractivity contribution in [3.63, 3.8) is 0 Å². The number of anilines is 2. The highest BCUT2D eigenvalue weighted by atomic mass is 35.5. The minimum absolute atomic E-state index is 0.327. The highest BCUT2D eigenvalue weighted by Crippen LogP contribution is 2.36. The average molecular weight is 378 g/mol. The van der Waals surface area contributed by atoms with Crippen molar-refractivity contribution in [1.29, 1.82) is 0 Å². The lowest BCUT2D eigenvalue weighted by Crippen LogP contribution is -2.03. The van der Waals surface area contributed by atoms with Gasteiger partial charge in [0.1, 0.15) is 27.6 Å². The van der Waals surface area contributed by atoms with E-state index in [0.29, 0.717) is 28.1 Å². The highest BCUT2D eigenvalue weighted by molar-refractivity contribution is 7.20. The number of rotatable bonds is 5. The van der Waals surface area contributed by atoms with Gasteiger partial charge in [0.25, 0.3) is 0 Å². The predicted molar refractivity (Wildman–Crippen MR) is 99.4 cm³/mol. The van der Waals surface area contributed by atoms with Crippen LogP contribution >= 0.6 is 22.9 Å². The quantitative estimate of drug-likeness (QED) is 0.656. The van der Waals surface area contributed by atoms with Gasteiger partial charge in [-0.1, -0.05) is 11.6 Å². The topological polar surface area (TPSA) is 73.3 Å². The number of fused-ring (bicyclic) bond motifs is 1. The Balaban J connectivity index is 2.02. The van der Waals surface area contributed by atoms with Crippen LogP contribution in [0.1, 0.15) is 22.2 Å². The number of carbonyl (C=O) groups excluding carboxylic acids is 1. The molecule has 0 spiro atoms. The van der Waals surface area contributed by atoms with E-state index in [1.165, 1.54) is 17.7 Å². The van der Waals surface area contributed by atoms with E-state index in [1.807, 2.05) is 13.0 Å². The average Bonchev–Trinajstić information content (AvgIpc) is 2.93. The predicted octanol–water partition coefficient (Wildman–Crippen LogP) is 4.58. The smallest absolute Gasteiger partial charge is 0.348 e. The van der Waals surface area contributed by atoms with Crippen LogP contribution in [0.4, 0.5) is 11.5 Å². The first-order valence-electron chi connectivity index (χ1n) is 7.57. The summed E-state index contributed by atoms with van der Waals surface area (Å²) in [6, 6.07) is 5.36. The summed E-state index contributed by atoms with van der Waals surface area (Å²) in [5.74, 6) is 0.855. The van der Waals surface area contributed by atoms with Crippen LogP contribution < -0.4 is 10.1 Å². The van der Waals surface area contributed by atoms with Gasteiger partial charge in [0.05, 0.1) is 24.1 Å². The fraction of sp³-hybridized carbons (Fsp3) is 0.235. The van der Waals surface area contributed by atoms with Crippen molar-refractivity contribution in [2.75, 3.05) is 19.0 Å². The number of benzene rings is 1. The maximum Gasteiger partial charge on any atom is 0.348 e. The van der Waals surface area contributed by atoms with Crippen molar-refractivity contribution in [3.8, 4) is 5.75 Å². The number of nitrogens with one attached hydrogen (secondary N) is 1. The van der Waals surface area contributed by atoms with Crippen molar-refractivity contribution in [1.82, 2.24) is 9.97 Å². The summed E-state index contributed by atoms with van der Waals surface area (Å²) in [6.07, 6.45) is 1.46. The molecule has 0 fully saturated rings. The Morgan fingerprint density at radius 1 is 1.36 bits per heavy atom. The van der Waals surface area contributed by atoms with Gasteiger partial charge in [-0.15, -0.1) is 11.3 Å². The van der Waals surface area contributed by atoms with Crippen LogP contribution in [0.3, 0.4) is 0 Å². The van der Waals surface area contributed by atoms with Crippen LogP contribution in [0, 0.1) is 6.92 Å². The molecular formula is C17H16ClN3O3S. The standard InChI is InChI=1S/C17H16ClN3O3S/c1-4-24-17(22)14-9(2)13-15(19-8-20-16(13)25-14)21-10-5-6-12(23-3)11(18)7-10/h5-8H,4H2,1-3H3,(H,19,20,21). The number of thiophene rings is 1. The molecule has 0 radical (unpaired) electrons. The third-order valence-corrected chi connectivity index (χ3v) is 5.08. The maximum absolute atomic E-state index is 12.1. The van der Waals surface area contributed by atoms with Gasteiger partial charge in [0.2, 0.25) is 0 Å². The van der Waals surface area contributed by atoms with Crippen LogP contribution in [-0.2, 0) is 4.74 Å². The van der Waals surface area contributed by atoms with E-state index in [4.69, 9.17) is 21.1 Å². The zero-order valence-corrected chi connectivity index (χ0v) is 15.5. The molecule has 3 aromatic rings. The summed E-state index contributed by atoms with van der Waals surface area (Å²) in [7, 11) is 1.56. The van der Waals surface area contributed by atoms with Gasteiger partial charge in [-0.25, -0.2) is 14.8 Å². The Morgan fingerprint density at radius 3 is 2.84 bits per heavy atom. The van der Waals surface area contributed by atoms with E-state index >= 15 is 0 Å². The first kappa shape index (κ1) is 17.4. The molecule has 8 heteroatoms. The van der Waals surface area contributed by atoms with E-state index in [0.717, 1.165) is 21.5 Å². The summed E-state index contributed by atoms with van der Waals surface area (Å²) in [4.78, 5) is 21.9. The molecule has 0 unspecified atom stereocenters. The fourth-order valence-electron chi connectivity index (χ4n) is 2.44. The number of halogens is 1. The summed E-state index contributed by atoms with van der Waals surface area (Å²) in [5.41, 5.74) is 1.55. The Bertz CT molecular complexity index is 942. The van der Waals surface area contributed by atoms with Crippen molar-refractivity contribution in [3.05, 3.63) is 40.0 Å². The van der Waals surface area contributed by atoms with E-state index < -0.39 is 0 Å². The third kappa shape index (κ3) is 3.38. The molecule has 1 aromatic carbocycles. The lowest BCUT2D eigenvalue weighted by molar-refractivity contribution is 0.0531. The van der Waals surface area contributed by atoms with Crippen LogP contribution in [0.25, 0.3) is 10.2 Å². The lowest BCUT2D eigenvalue weighted by Gasteiger charge is -2.09. The summed E-state index contributed by atoms with van der Waals surface area (Å²) >= 11 is 7.46. The molecule has 3 rings (SSSR count). The zero-order valence-electron chi connectivity index (χ0n) is 13.9. The van der Waals surface area contributed by atoms with Crippen molar-refractivity contribution >= 4 is 50.6 Å². The number of hydrogen-bond acceptors (Lipinski definition) is 7. The lowest BCUT2D eigenvalue weighted by atomic mass is 10.2.